The summed E-state index contributed by atoms with van der Waals surface area (Å²) in [4.78, 5) is 16.8. The predicted octanol–water partition coefficient (Wildman–Crippen LogP) is 3.91. The molecule has 0 fully saturated rings. The Kier molecular flexibility index (Phi) is 4.85. The third-order valence-electron chi connectivity index (χ3n) is 3.65. The zero-order valence-electron chi connectivity index (χ0n) is 14.1. The van der Waals surface area contributed by atoms with E-state index >= 15 is 0 Å². The summed E-state index contributed by atoms with van der Waals surface area (Å²) in [6, 6.07) is 10.8. The molecule has 0 saturated heterocycles. The van der Waals surface area contributed by atoms with Crippen LogP contribution in [0.3, 0.4) is 0 Å². The fraction of sp³-hybridized carbons (Fsp3) is 0.167. The maximum atomic E-state index is 12.5. The summed E-state index contributed by atoms with van der Waals surface area (Å²) in [5, 5.41) is 7.23. The Labute approximate surface area is 154 Å². The zero-order valence-corrected chi connectivity index (χ0v) is 15.7. The molecule has 25 heavy (non-hydrogen) atoms. The number of pyridine rings is 1. The van der Waals surface area contributed by atoms with Crippen molar-refractivity contribution in [2.75, 3.05) is 12.4 Å². The number of rotatable bonds is 4. The fourth-order valence-corrected chi connectivity index (χ4v) is 2.88. The van der Waals surface area contributed by atoms with E-state index in [1.54, 1.807) is 42.3 Å². The first-order chi connectivity index (χ1) is 12.0. The van der Waals surface area contributed by atoms with Crippen molar-refractivity contribution < 1.29 is 9.53 Å². The van der Waals surface area contributed by atoms with Crippen molar-refractivity contribution in [1.82, 2.24) is 14.8 Å². The van der Waals surface area contributed by atoms with Gasteiger partial charge in [0.15, 0.2) is 5.82 Å². The number of nitrogens with zero attached hydrogens (tertiary/aromatic N) is 3. The second kappa shape index (κ2) is 7.06. The number of nitrogens with one attached hydrogen (secondary N) is 1. The van der Waals surface area contributed by atoms with Crippen molar-refractivity contribution in [2.45, 2.75) is 13.8 Å². The fourth-order valence-electron chi connectivity index (χ4n) is 2.45. The van der Waals surface area contributed by atoms with Gasteiger partial charge in [-0.15, -0.1) is 0 Å². The molecular formula is C18H17BrN4O2. The van der Waals surface area contributed by atoms with E-state index in [0.29, 0.717) is 27.3 Å². The molecule has 1 amide bonds. The summed E-state index contributed by atoms with van der Waals surface area (Å²) in [5.41, 5.74) is 3.02. The Balaban J connectivity index is 1.80. The van der Waals surface area contributed by atoms with Crippen LogP contribution >= 0.6 is 15.9 Å². The highest BCUT2D eigenvalue weighted by Crippen LogP contribution is 2.23. The van der Waals surface area contributed by atoms with E-state index in [0.717, 1.165) is 11.4 Å². The van der Waals surface area contributed by atoms with E-state index in [1.807, 2.05) is 26.0 Å². The molecule has 0 aliphatic heterocycles. The molecule has 2 heterocycles. The number of anilines is 1. The minimum absolute atomic E-state index is 0.244. The van der Waals surface area contributed by atoms with Gasteiger partial charge < -0.3 is 10.1 Å². The first-order valence-electron chi connectivity index (χ1n) is 7.62. The van der Waals surface area contributed by atoms with E-state index in [9.17, 15) is 4.79 Å². The molecule has 0 radical (unpaired) electrons. The number of carbonyl (C=O) groups excluding carboxylic acids is 1. The number of aryl methyl sites for hydroxylation is 2. The van der Waals surface area contributed by atoms with Crippen LogP contribution in [-0.4, -0.2) is 27.8 Å². The number of amides is 1. The van der Waals surface area contributed by atoms with Gasteiger partial charge in [-0.25, -0.2) is 9.67 Å². The van der Waals surface area contributed by atoms with Gasteiger partial charge in [-0.3, -0.25) is 4.79 Å². The largest absolute Gasteiger partial charge is 0.497 e. The second-order valence-corrected chi connectivity index (χ2v) is 6.40. The standard InChI is InChI=1S/C18H17BrN4O2/c1-11-8-12(2)23(22-11)17-7-4-13(10-20-17)21-18(24)15-9-14(25-3)5-6-16(15)19/h4-10H,1-3H3,(H,21,24). The Hall–Kier alpha value is -2.67. The number of halogens is 1. The van der Waals surface area contributed by atoms with Crippen LogP contribution in [0.5, 0.6) is 5.75 Å². The number of aromatic nitrogens is 3. The molecule has 7 heteroatoms. The summed E-state index contributed by atoms with van der Waals surface area (Å²) in [7, 11) is 1.56. The van der Waals surface area contributed by atoms with Crippen LogP contribution in [0.15, 0.2) is 47.1 Å². The van der Waals surface area contributed by atoms with Gasteiger partial charge in [0, 0.05) is 10.2 Å². The first-order valence-corrected chi connectivity index (χ1v) is 8.42. The van der Waals surface area contributed by atoms with Crippen molar-refractivity contribution in [1.29, 1.82) is 0 Å². The van der Waals surface area contributed by atoms with Gasteiger partial charge in [-0.2, -0.15) is 5.10 Å². The average Bonchev–Trinajstić information content (AvgIpc) is 2.94. The van der Waals surface area contributed by atoms with Crippen molar-refractivity contribution in [3.8, 4) is 11.6 Å². The summed E-state index contributed by atoms with van der Waals surface area (Å²) >= 11 is 3.38. The molecule has 1 aromatic carbocycles. The van der Waals surface area contributed by atoms with Crippen LogP contribution in [0.1, 0.15) is 21.7 Å². The normalized spacial score (nSPS) is 10.6. The highest BCUT2D eigenvalue weighted by atomic mass is 79.9. The van der Waals surface area contributed by atoms with Gasteiger partial charge in [0.1, 0.15) is 5.75 Å². The van der Waals surface area contributed by atoms with Gasteiger partial charge in [0.25, 0.3) is 5.91 Å². The van der Waals surface area contributed by atoms with Crippen molar-refractivity contribution in [2.24, 2.45) is 0 Å². The van der Waals surface area contributed by atoms with E-state index < -0.39 is 0 Å². The first kappa shape index (κ1) is 17.2. The Morgan fingerprint density at radius 3 is 2.60 bits per heavy atom. The molecule has 1 N–H and O–H groups in total. The molecule has 3 rings (SSSR count). The van der Waals surface area contributed by atoms with Gasteiger partial charge in [-0.1, -0.05) is 0 Å². The van der Waals surface area contributed by atoms with Crippen LogP contribution in [0, 0.1) is 13.8 Å². The van der Waals surface area contributed by atoms with Crippen molar-refractivity contribution in [3.05, 3.63) is 64.0 Å². The molecule has 0 spiro atoms. The van der Waals surface area contributed by atoms with Gasteiger partial charge in [-0.05, 0) is 66.2 Å². The quantitative estimate of drug-likeness (QED) is 0.720. The SMILES string of the molecule is COc1ccc(Br)c(C(=O)Nc2ccc(-n3nc(C)cc3C)nc2)c1. The topological polar surface area (TPSA) is 69.0 Å². The molecule has 3 aromatic rings. The lowest BCUT2D eigenvalue weighted by Gasteiger charge is -2.09. The average molecular weight is 401 g/mol. The Morgan fingerprint density at radius 1 is 1.20 bits per heavy atom. The minimum Gasteiger partial charge on any atom is -0.497 e. The lowest BCUT2D eigenvalue weighted by molar-refractivity contribution is 0.102. The van der Waals surface area contributed by atoms with E-state index in [-0.39, 0.29) is 5.91 Å². The summed E-state index contributed by atoms with van der Waals surface area (Å²) < 4.78 is 7.62. The van der Waals surface area contributed by atoms with Crippen molar-refractivity contribution >= 4 is 27.5 Å². The Morgan fingerprint density at radius 2 is 2.00 bits per heavy atom. The van der Waals surface area contributed by atoms with E-state index in [1.165, 1.54) is 0 Å². The van der Waals surface area contributed by atoms with E-state index in [4.69, 9.17) is 4.74 Å². The zero-order chi connectivity index (χ0) is 18.0. The van der Waals surface area contributed by atoms with Gasteiger partial charge >= 0.3 is 0 Å². The Bertz CT molecular complexity index is 919. The molecular weight excluding hydrogens is 384 g/mol. The number of hydrogen-bond donors (Lipinski definition) is 1. The van der Waals surface area contributed by atoms with Crippen LogP contribution < -0.4 is 10.1 Å². The lowest BCUT2D eigenvalue weighted by Crippen LogP contribution is -2.13. The molecule has 6 nitrogen and oxygen atoms in total. The summed E-state index contributed by atoms with van der Waals surface area (Å²) in [6.45, 7) is 3.90. The maximum absolute atomic E-state index is 12.5. The van der Waals surface area contributed by atoms with Gasteiger partial charge in [0.2, 0.25) is 0 Å². The molecule has 0 bridgehead atoms. The number of hydrogen-bond acceptors (Lipinski definition) is 4. The second-order valence-electron chi connectivity index (χ2n) is 5.54. The number of benzene rings is 1. The third kappa shape index (κ3) is 3.71. The number of methoxy groups -OCH3 is 1. The maximum Gasteiger partial charge on any atom is 0.256 e. The third-order valence-corrected chi connectivity index (χ3v) is 4.34. The molecule has 0 aliphatic rings. The summed E-state index contributed by atoms with van der Waals surface area (Å²) in [5.74, 6) is 1.07. The smallest absolute Gasteiger partial charge is 0.256 e. The molecule has 0 atom stereocenters. The van der Waals surface area contributed by atoms with Crippen LogP contribution in [0.4, 0.5) is 5.69 Å². The van der Waals surface area contributed by atoms with Crippen LogP contribution in [-0.2, 0) is 0 Å². The predicted molar refractivity (Wildman–Crippen MR) is 99.5 cm³/mol. The van der Waals surface area contributed by atoms with Crippen molar-refractivity contribution in [3.63, 3.8) is 0 Å². The molecule has 0 unspecified atom stereocenters. The van der Waals surface area contributed by atoms with Crippen LogP contribution in [0.25, 0.3) is 5.82 Å². The monoisotopic (exact) mass is 400 g/mol. The molecule has 2 aromatic heterocycles. The highest BCUT2D eigenvalue weighted by molar-refractivity contribution is 9.10. The molecule has 0 aliphatic carbocycles. The van der Waals surface area contributed by atoms with Crippen LogP contribution in [0.2, 0.25) is 0 Å². The van der Waals surface area contributed by atoms with Gasteiger partial charge in [0.05, 0.1) is 30.3 Å². The molecule has 128 valence electrons. The summed E-state index contributed by atoms with van der Waals surface area (Å²) in [6.07, 6.45) is 1.61. The lowest BCUT2D eigenvalue weighted by atomic mass is 10.2. The number of ether oxygens (including phenoxy) is 1. The highest BCUT2D eigenvalue weighted by Gasteiger charge is 2.12. The number of carbonyl (C=O) groups is 1. The molecule has 0 saturated carbocycles. The van der Waals surface area contributed by atoms with E-state index in [2.05, 4.69) is 31.3 Å². The minimum atomic E-state index is -0.244.